The summed E-state index contributed by atoms with van der Waals surface area (Å²) in [6.45, 7) is 0. The van der Waals surface area contributed by atoms with Gasteiger partial charge in [-0.1, -0.05) is 11.6 Å². The van der Waals surface area contributed by atoms with Crippen molar-refractivity contribution in [3.8, 4) is 5.75 Å². The zero-order valence-corrected chi connectivity index (χ0v) is 12.4. The molecule has 0 spiro atoms. The van der Waals surface area contributed by atoms with Gasteiger partial charge in [-0.2, -0.15) is 5.10 Å². The summed E-state index contributed by atoms with van der Waals surface area (Å²) >= 11 is 6.04. The fourth-order valence-corrected chi connectivity index (χ4v) is 2.38. The van der Waals surface area contributed by atoms with E-state index in [1.165, 1.54) is 7.11 Å². The molecule has 112 valence electrons. The van der Waals surface area contributed by atoms with E-state index in [0.717, 1.165) is 5.52 Å². The SMILES string of the molecule is COc1ccc(NC(=O)c2ccc3[nH]nc(N)c3c2)cc1Cl. The van der Waals surface area contributed by atoms with E-state index in [-0.39, 0.29) is 5.91 Å². The quantitative estimate of drug-likeness (QED) is 0.692. The fourth-order valence-electron chi connectivity index (χ4n) is 2.12. The Morgan fingerprint density at radius 3 is 2.86 bits per heavy atom. The van der Waals surface area contributed by atoms with Crippen LogP contribution in [0, 0.1) is 0 Å². The first-order valence-electron chi connectivity index (χ1n) is 6.47. The molecule has 0 saturated heterocycles. The van der Waals surface area contributed by atoms with E-state index in [1.807, 2.05) is 0 Å². The Hall–Kier alpha value is -2.73. The molecule has 0 fully saturated rings. The molecule has 22 heavy (non-hydrogen) atoms. The summed E-state index contributed by atoms with van der Waals surface area (Å²) in [6, 6.07) is 10.2. The lowest BCUT2D eigenvalue weighted by Gasteiger charge is -2.08. The largest absolute Gasteiger partial charge is 0.495 e. The number of halogens is 1. The average Bonchev–Trinajstić information content (AvgIpc) is 2.88. The number of aromatic nitrogens is 2. The maximum absolute atomic E-state index is 12.3. The van der Waals surface area contributed by atoms with Crippen LogP contribution < -0.4 is 15.8 Å². The Morgan fingerprint density at radius 2 is 2.14 bits per heavy atom. The van der Waals surface area contributed by atoms with Crippen molar-refractivity contribution in [3.05, 3.63) is 47.0 Å². The number of aromatic amines is 1. The zero-order chi connectivity index (χ0) is 15.7. The Kier molecular flexibility index (Phi) is 3.60. The van der Waals surface area contributed by atoms with E-state index in [1.54, 1.807) is 36.4 Å². The normalized spacial score (nSPS) is 10.6. The number of methoxy groups -OCH3 is 1. The molecule has 1 amide bonds. The van der Waals surface area contributed by atoms with Gasteiger partial charge in [-0.3, -0.25) is 9.89 Å². The van der Waals surface area contributed by atoms with Crippen LogP contribution in [0.1, 0.15) is 10.4 Å². The molecule has 0 saturated carbocycles. The molecule has 1 aromatic heterocycles. The number of ether oxygens (including phenoxy) is 1. The molecule has 3 rings (SSSR count). The van der Waals surface area contributed by atoms with Crippen LogP contribution in [-0.4, -0.2) is 23.2 Å². The molecule has 2 aromatic carbocycles. The van der Waals surface area contributed by atoms with E-state index in [2.05, 4.69) is 15.5 Å². The van der Waals surface area contributed by atoms with Gasteiger partial charge in [0.25, 0.3) is 5.91 Å². The molecule has 0 atom stereocenters. The highest BCUT2D eigenvalue weighted by Crippen LogP contribution is 2.27. The van der Waals surface area contributed by atoms with Gasteiger partial charge in [0.1, 0.15) is 5.75 Å². The molecule has 0 aliphatic heterocycles. The Labute approximate surface area is 131 Å². The number of nitrogens with one attached hydrogen (secondary N) is 2. The molecule has 0 bridgehead atoms. The zero-order valence-electron chi connectivity index (χ0n) is 11.7. The number of rotatable bonds is 3. The number of nitrogens with zero attached hydrogens (tertiary/aromatic N) is 1. The number of nitrogens with two attached hydrogens (primary N) is 1. The Balaban J connectivity index is 1.86. The van der Waals surface area contributed by atoms with Crippen molar-refractivity contribution in [3.63, 3.8) is 0 Å². The molecule has 3 aromatic rings. The standard InChI is InChI=1S/C15H13ClN4O2/c1-22-13-5-3-9(7-11(13)16)18-15(21)8-2-4-12-10(6-8)14(17)20-19-12/h2-7H,1H3,(H,18,21)(H3,17,19,20). The van der Waals surface area contributed by atoms with Gasteiger partial charge in [0, 0.05) is 16.6 Å². The summed E-state index contributed by atoms with van der Waals surface area (Å²) < 4.78 is 5.07. The minimum Gasteiger partial charge on any atom is -0.495 e. The predicted molar refractivity (Wildman–Crippen MR) is 86.5 cm³/mol. The molecule has 0 radical (unpaired) electrons. The second-order valence-electron chi connectivity index (χ2n) is 4.67. The molecule has 6 nitrogen and oxygen atoms in total. The summed E-state index contributed by atoms with van der Waals surface area (Å²) in [6.07, 6.45) is 0. The molecule has 7 heteroatoms. The van der Waals surface area contributed by atoms with Crippen LogP contribution in [0.3, 0.4) is 0 Å². The number of amides is 1. The molecule has 4 N–H and O–H groups in total. The highest BCUT2D eigenvalue weighted by Gasteiger charge is 2.10. The fraction of sp³-hybridized carbons (Fsp3) is 0.0667. The van der Waals surface area contributed by atoms with Crippen LogP contribution in [-0.2, 0) is 0 Å². The van der Waals surface area contributed by atoms with Crippen molar-refractivity contribution in [1.29, 1.82) is 0 Å². The van der Waals surface area contributed by atoms with Gasteiger partial charge in [0.2, 0.25) is 0 Å². The first-order chi connectivity index (χ1) is 10.6. The summed E-state index contributed by atoms with van der Waals surface area (Å²) in [4.78, 5) is 12.3. The van der Waals surface area contributed by atoms with Crippen LogP contribution in [0.5, 0.6) is 5.75 Å². The second-order valence-corrected chi connectivity index (χ2v) is 5.08. The van der Waals surface area contributed by atoms with Gasteiger partial charge in [-0.15, -0.1) is 0 Å². The Morgan fingerprint density at radius 1 is 1.32 bits per heavy atom. The van der Waals surface area contributed by atoms with E-state index < -0.39 is 0 Å². The van der Waals surface area contributed by atoms with Crippen molar-refractivity contribution in [2.75, 3.05) is 18.2 Å². The number of carbonyl (C=O) groups excluding carboxylic acids is 1. The van der Waals surface area contributed by atoms with Crippen LogP contribution in [0.15, 0.2) is 36.4 Å². The second kappa shape index (κ2) is 5.57. The summed E-state index contributed by atoms with van der Waals surface area (Å²) in [5.74, 6) is 0.646. The maximum Gasteiger partial charge on any atom is 0.255 e. The number of benzene rings is 2. The van der Waals surface area contributed by atoms with E-state index in [4.69, 9.17) is 22.1 Å². The van der Waals surface area contributed by atoms with E-state index in [0.29, 0.717) is 33.2 Å². The number of carbonyl (C=O) groups is 1. The molecular weight excluding hydrogens is 304 g/mol. The van der Waals surface area contributed by atoms with Crippen LogP contribution in [0.25, 0.3) is 10.9 Å². The van der Waals surface area contributed by atoms with Crippen molar-refractivity contribution in [1.82, 2.24) is 10.2 Å². The Bertz CT molecular complexity index is 860. The number of hydrogen-bond donors (Lipinski definition) is 3. The lowest BCUT2D eigenvalue weighted by molar-refractivity contribution is 0.102. The van der Waals surface area contributed by atoms with Gasteiger partial charge >= 0.3 is 0 Å². The molecular formula is C15H13ClN4O2. The third-order valence-electron chi connectivity index (χ3n) is 3.26. The van der Waals surface area contributed by atoms with Gasteiger partial charge in [-0.05, 0) is 36.4 Å². The molecule has 0 unspecified atom stereocenters. The van der Waals surface area contributed by atoms with Gasteiger partial charge in [0.15, 0.2) is 5.82 Å². The lowest BCUT2D eigenvalue weighted by atomic mass is 10.1. The number of fused-ring (bicyclic) bond motifs is 1. The minimum absolute atomic E-state index is 0.260. The summed E-state index contributed by atoms with van der Waals surface area (Å²) in [7, 11) is 1.53. The highest BCUT2D eigenvalue weighted by atomic mass is 35.5. The lowest BCUT2D eigenvalue weighted by Crippen LogP contribution is -2.11. The topological polar surface area (TPSA) is 93.0 Å². The molecule has 0 aliphatic carbocycles. The average molecular weight is 317 g/mol. The maximum atomic E-state index is 12.3. The van der Waals surface area contributed by atoms with Gasteiger partial charge in [-0.25, -0.2) is 0 Å². The van der Waals surface area contributed by atoms with E-state index >= 15 is 0 Å². The number of hydrogen-bond acceptors (Lipinski definition) is 4. The molecule has 0 aliphatic rings. The predicted octanol–water partition coefficient (Wildman–Crippen LogP) is 3.06. The van der Waals surface area contributed by atoms with Crippen molar-refractivity contribution in [2.24, 2.45) is 0 Å². The van der Waals surface area contributed by atoms with Crippen molar-refractivity contribution < 1.29 is 9.53 Å². The first-order valence-corrected chi connectivity index (χ1v) is 6.85. The minimum atomic E-state index is -0.260. The third-order valence-corrected chi connectivity index (χ3v) is 3.56. The van der Waals surface area contributed by atoms with E-state index in [9.17, 15) is 4.79 Å². The number of nitrogen functional groups attached to an aromatic ring is 1. The van der Waals surface area contributed by atoms with Crippen molar-refractivity contribution in [2.45, 2.75) is 0 Å². The summed E-state index contributed by atoms with van der Waals surface area (Å²) in [5, 5.41) is 10.6. The van der Waals surface area contributed by atoms with Gasteiger partial charge < -0.3 is 15.8 Å². The number of anilines is 2. The van der Waals surface area contributed by atoms with Crippen LogP contribution >= 0.6 is 11.6 Å². The third kappa shape index (κ3) is 2.56. The monoisotopic (exact) mass is 316 g/mol. The van der Waals surface area contributed by atoms with Crippen molar-refractivity contribution >= 4 is 39.9 Å². The highest BCUT2D eigenvalue weighted by molar-refractivity contribution is 6.32. The number of H-pyrrole nitrogens is 1. The van der Waals surface area contributed by atoms with Crippen LogP contribution in [0.4, 0.5) is 11.5 Å². The first kappa shape index (κ1) is 14.2. The smallest absolute Gasteiger partial charge is 0.255 e. The summed E-state index contributed by atoms with van der Waals surface area (Å²) in [5.41, 5.74) is 7.58. The van der Waals surface area contributed by atoms with Gasteiger partial charge in [0.05, 0.1) is 17.6 Å². The molecule has 1 heterocycles. The van der Waals surface area contributed by atoms with Crippen LogP contribution in [0.2, 0.25) is 5.02 Å².